The van der Waals surface area contributed by atoms with Crippen LogP contribution in [0.1, 0.15) is 60.5 Å². The highest BCUT2D eigenvalue weighted by Gasteiger charge is 2.53. The zero-order valence-corrected chi connectivity index (χ0v) is 21.0. The van der Waals surface area contributed by atoms with E-state index in [1.807, 2.05) is 6.92 Å². The van der Waals surface area contributed by atoms with Crippen LogP contribution in [0.15, 0.2) is 24.5 Å². The smallest absolute Gasteiger partial charge is 0.257 e. The summed E-state index contributed by atoms with van der Waals surface area (Å²) in [5.41, 5.74) is 1.41. The number of carbonyl (C=O) groups excluding carboxylic acids is 2. The Bertz CT molecular complexity index is 1030. The lowest BCUT2D eigenvalue weighted by atomic mass is 9.53. The van der Waals surface area contributed by atoms with Crippen LogP contribution >= 0.6 is 11.3 Å². The van der Waals surface area contributed by atoms with Crippen LogP contribution in [0.5, 0.6) is 0 Å². The Hall–Kier alpha value is -2.36. The zero-order chi connectivity index (χ0) is 24.5. The lowest BCUT2D eigenvalue weighted by Gasteiger charge is -2.53. The van der Waals surface area contributed by atoms with E-state index in [1.165, 1.54) is 16.2 Å². The molecule has 0 aliphatic heterocycles. The number of aliphatic hydroxyl groups is 1. The Morgan fingerprint density at radius 1 is 1.35 bits per heavy atom. The van der Waals surface area contributed by atoms with Crippen molar-refractivity contribution in [2.24, 2.45) is 23.2 Å². The van der Waals surface area contributed by atoms with Gasteiger partial charge in [0.1, 0.15) is 0 Å². The Morgan fingerprint density at radius 3 is 2.79 bits per heavy atom. The van der Waals surface area contributed by atoms with Crippen molar-refractivity contribution in [3.8, 4) is 0 Å². The third kappa shape index (κ3) is 4.74. The number of nitrogens with zero attached hydrogens (tertiary/aromatic N) is 2. The van der Waals surface area contributed by atoms with Crippen molar-refractivity contribution in [1.82, 2.24) is 15.3 Å². The number of pyridine rings is 1. The molecule has 0 aromatic carbocycles. The van der Waals surface area contributed by atoms with Gasteiger partial charge in [0.05, 0.1) is 18.4 Å². The van der Waals surface area contributed by atoms with Crippen molar-refractivity contribution in [1.29, 1.82) is 0 Å². The van der Waals surface area contributed by atoms with Crippen LogP contribution in [0.4, 0.5) is 5.13 Å². The summed E-state index contributed by atoms with van der Waals surface area (Å²) in [4.78, 5) is 35.2. The first-order chi connectivity index (χ1) is 16.2. The molecule has 2 aliphatic carbocycles. The number of hydrogen-bond acceptors (Lipinski definition) is 7. The van der Waals surface area contributed by atoms with E-state index in [1.54, 1.807) is 31.6 Å². The van der Waals surface area contributed by atoms with Crippen molar-refractivity contribution < 1.29 is 19.4 Å². The van der Waals surface area contributed by atoms with Crippen LogP contribution in [0.3, 0.4) is 0 Å². The van der Waals surface area contributed by atoms with Crippen LogP contribution in [0.2, 0.25) is 0 Å². The minimum Gasteiger partial charge on any atom is -0.392 e. The number of aromatic nitrogens is 2. The van der Waals surface area contributed by atoms with E-state index < -0.39 is 6.10 Å². The Labute approximate surface area is 204 Å². The molecular formula is C25H34N4O4S. The maximum atomic E-state index is 12.7. The second-order valence-corrected chi connectivity index (χ2v) is 11.0. The van der Waals surface area contributed by atoms with Crippen molar-refractivity contribution in [3.05, 3.63) is 40.7 Å². The normalized spacial score (nSPS) is 29.0. The van der Waals surface area contributed by atoms with Gasteiger partial charge in [-0.05, 0) is 48.6 Å². The summed E-state index contributed by atoms with van der Waals surface area (Å²) in [7, 11) is 1.61. The molecule has 9 heteroatoms. The van der Waals surface area contributed by atoms with Gasteiger partial charge in [0, 0.05) is 48.3 Å². The molecule has 34 heavy (non-hydrogen) atoms. The van der Waals surface area contributed by atoms with E-state index >= 15 is 0 Å². The van der Waals surface area contributed by atoms with Crippen molar-refractivity contribution >= 4 is 28.3 Å². The van der Waals surface area contributed by atoms with Crippen molar-refractivity contribution in [2.45, 2.75) is 52.1 Å². The first-order valence-corrected chi connectivity index (χ1v) is 12.7. The molecule has 2 aromatic heterocycles. The third-order valence-corrected chi connectivity index (χ3v) is 8.73. The zero-order valence-electron chi connectivity index (χ0n) is 20.2. The predicted molar refractivity (Wildman–Crippen MR) is 131 cm³/mol. The molecular weight excluding hydrogens is 452 g/mol. The molecule has 184 valence electrons. The molecule has 1 saturated carbocycles. The topological polar surface area (TPSA) is 113 Å². The molecule has 2 amide bonds. The highest BCUT2D eigenvalue weighted by molar-refractivity contribution is 7.15. The minimum absolute atomic E-state index is 0.00109. The van der Waals surface area contributed by atoms with Gasteiger partial charge in [0.15, 0.2) is 5.13 Å². The van der Waals surface area contributed by atoms with Gasteiger partial charge >= 0.3 is 0 Å². The molecule has 2 aliphatic rings. The molecule has 4 rings (SSSR count). The van der Waals surface area contributed by atoms with Crippen LogP contribution < -0.4 is 10.6 Å². The predicted octanol–water partition coefficient (Wildman–Crippen LogP) is 3.24. The summed E-state index contributed by atoms with van der Waals surface area (Å²) in [6.07, 6.45) is 5.15. The van der Waals surface area contributed by atoms with E-state index in [-0.39, 0.29) is 40.9 Å². The minimum atomic E-state index is -0.596. The molecule has 0 spiro atoms. The molecule has 2 heterocycles. The lowest BCUT2D eigenvalue weighted by molar-refractivity contribution is -0.135. The molecule has 1 fully saturated rings. The second-order valence-electron chi connectivity index (χ2n) is 9.93. The van der Waals surface area contributed by atoms with Gasteiger partial charge < -0.3 is 15.2 Å². The van der Waals surface area contributed by atoms with Crippen LogP contribution in [-0.4, -0.2) is 53.3 Å². The summed E-state index contributed by atoms with van der Waals surface area (Å²) >= 11 is 1.52. The van der Waals surface area contributed by atoms with E-state index in [9.17, 15) is 14.7 Å². The number of hydrogen-bond donors (Lipinski definition) is 3. The van der Waals surface area contributed by atoms with E-state index in [2.05, 4.69) is 29.5 Å². The molecule has 6 unspecified atom stereocenters. The first kappa shape index (κ1) is 24.8. The molecule has 0 radical (unpaired) electrons. The fourth-order valence-corrected chi connectivity index (χ4v) is 7.16. The van der Waals surface area contributed by atoms with Gasteiger partial charge in [-0.3, -0.25) is 19.9 Å². The Morgan fingerprint density at radius 2 is 2.09 bits per heavy atom. The summed E-state index contributed by atoms with van der Waals surface area (Å²) < 4.78 is 5.02. The number of methoxy groups -OCH3 is 1. The van der Waals surface area contributed by atoms with Crippen LogP contribution in [0, 0.1) is 23.2 Å². The maximum Gasteiger partial charge on any atom is 0.257 e. The summed E-state index contributed by atoms with van der Waals surface area (Å²) in [5, 5.41) is 17.9. The van der Waals surface area contributed by atoms with Crippen LogP contribution in [-0.2, 0) is 16.0 Å². The average Bonchev–Trinajstić information content (AvgIpc) is 3.21. The highest BCUT2D eigenvalue weighted by Crippen LogP contribution is 2.57. The number of aliphatic hydroxyl groups excluding tert-OH is 1. The third-order valence-electron chi connectivity index (χ3n) is 7.75. The lowest BCUT2D eigenvalue weighted by Crippen LogP contribution is -2.53. The number of fused-ring (bicyclic) bond motifs is 2. The number of amides is 2. The quantitative estimate of drug-likeness (QED) is 0.518. The van der Waals surface area contributed by atoms with E-state index in [0.29, 0.717) is 23.8 Å². The van der Waals surface area contributed by atoms with E-state index in [0.717, 1.165) is 25.0 Å². The number of thiazole rings is 1. The fraction of sp³-hybridized carbons (Fsp3) is 0.600. The number of nitrogens with one attached hydrogen (secondary N) is 2. The summed E-state index contributed by atoms with van der Waals surface area (Å²) in [6, 6.07) is 3.34. The molecule has 6 atom stereocenters. The van der Waals surface area contributed by atoms with Gasteiger partial charge in [-0.25, -0.2) is 4.98 Å². The molecule has 0 saturated heterocycles. The number of anilines is 1. The largest absolute Gasteiger partial charge is 0.392 e. The summed E-state index contributed by atoms with van der Waals surface area (Å²) in [5.74, 6) is -0.608. The first-order valence-electron chi connectivity index (χ1n) is 11.9. The number of rotatable bonds is 7. The number of carbonyl (C=O) groups is 2. The second kappa shape index (κ2) is 10.1. The van der Waals surface area contributed by atoms with Gasteiger partial charge in [0.25, 0.3) is 5.91 Å². The van der Waals surface area contributed by atoms with Crippen molar-refractivity contribution in [2.75, 3.05) is 25.6 Å². The highest BCUT2D eigenvalue weighted by atomic mass is 32.1. The van der Waals surface area contributed by atoms with Gasteiger partial charge in [-0.2, -0.15) is 0 Å². The Balaban J connectivity index is 1.51. The monoisotopic (exact) mass is 486 g/mol. The SMILES string of the molecule is COCCNC(=O)C(C)C1CCC2(C)Cc3sc(NC(=O)c4ccncc4)nc3C(C)C2C1O. The standard InChI is InChI=1S/C25H34N4O4S/c1-14(22(31)27-11-12-33-4)17-5-8-25(3)13-18-20(15(2)19(25)21(17)30)28-24(34-18)29-23(32)16-6-9-26-10-7-16/h6-7,9-10,14-15,17,19,21,30H,5,8,11-13H2,1-4H3,(H,27,31)(H,28,29,32). The molecule has 0 bridgehead atoms. The molecule has 2 aromatic rings. The number of ether oxygens (including phenoxy) is 1. The van der Waals surface area contributed by atoms with Crippen LogP contribution in [0.25, 0.3) is 0 Å². The van der Waals surface area contributed by atoms with Gasteiger partial charge in [-0.1, -0.05) is 20.8 Å². The average molecular weight is 487 g/mol. The maximum absolute atomic E-state index is 12.7. The van der Waals surface area contributed by atoms with Gasteiger partial charge in [-0.15, -0.1) is 11.3 Å². The van der Waals surface area contributed by atoms with Gasteiger partial charge in [0.2, 0.25) is 5.91 Å². The summed E-state index contributed by atoms with van der Waals surface area (Å²) in [6.45, 7) is 7.21. The van der Waals surface area contributed by atoms with Crippen molar-refractivity contribution in [3.63, 3.8) is 0 Å². The molecule has 8 nitrogen and oxygen atoms in total. The molecule has 3 N–H and O–H groups in total. The fourth-order valence-electron chi connectivity index (χ4n) is 5.90. The van der Waals surface area contributed by atoms with E-state index in [4.69, 9.17) is 9.72 Å². The Kier molecular flexibility index (Phi) is 7.35.